The first-order valence-corrected chi connectivity index (χ1v) is 7.70. The number of likely N-dealkylation sites (tertiary alicyclic amines) is 1. The summed E-state index contributed by atoms with van der Waals surface area (Å²) < 4.78 is 0. The van der Waals surface area contributed by atoms with Crippen molar-refractivity contribution in [2.45, 2.75) is 33.1 Å². The van der Waals surface area contributed by atoms with Gasteiger partial charge in [-0.15, -0.1) is 0 Å². The lowest BCUT2D eigenvalue weighted by atomic mass is 9.76. The van der Waals surface area contributed by atoms with Crippen LogP contribution < -0.4 is 5.32 Å². The molecule has 1 unspecified atom stereocenters. The van der Waals surface area contributed by atoms with Gasteiger partial charge in [0.1, 0.15) is 0 Å². The Morgan fingerprint density at radius 2 is 2.00 bits per heavy atom. The van der Waals surface area contributed by atoms with Crippen LogP contribution in [0.4, 0.5) is 4.79 Å². The normalized spacial score (nSPS) is 22.1. The molecule has 6 heteroatoms. The zero-order chi connectivity index (χ0) is 16.0. The maximum absolute atomic E-state index is 12.1. The van der Waals surface area contributed by atoms with E-state index in [0.29, 0.717) is 26.1 Å². The number of amides is 2. The first-order chi connectivity index (χ1) is 9.79. The third kappa shape index (κ3) is 4.59. The smallest absolute Gasteiger partial charge is 0.317 e. The van der Waals surface area contributed by atoms with E-state index in [1.807, 2.05) is 27.9 Å². The fourth-order valence-corrected chi connectivity index (χ4v) is 2.76. The van der Waals surface area contributed by atoms with E-state index in [9.17, 15) is 14.7 Å². The molecule has 1 rings (SSSR count). The number of nitrogens with zero attached hydrogens (tertiary/aromatic N) is 2. The molecule has 1 saturated heterocycles. The molecule has 1 heterocycles. The molecule has 1 aliphatic heterocycles. The summed E-state index contributed by atoms with van der Waals surface area (Å²) in [5, 5.41) is 12.4. The van der Waals surface area contributed by atoms with Gasteiger partial charge in [-0.1, -0.05) is 13.8 Å². The average Bonchev–Trinajstić information content (AvgIpc) is 2.84. The number of nitrogens with one attached hydrogen (secondary N) is 1. The molecule has 2 amide bonds. The van der Waals surface area contributed by atoms with Crippen molar-refractivity contribution < 1.29 is 14.7 Å². The Kier molecular flexibility index (Phi) is 6.45. The molecule has 0 aromatic heterocycles. The molecule has 122 valence electrons. The first kappa shape index (κ1) is 17.8. The minimum atomic E-state index is -0.793. The maximum Gasteiger partial charge on any atom is 0.317 e. The van der Waals surface area contributed by atoms with Gasteiger partial charge in [-0.25, -0.2) is 4.79 Å². The Morgan fingerprint density at radius 1 is 1.33 bits per heavy atom. The molecular formula is C15H29N3O3. The van der Waals surface area contributed by atoms with Gasteiger partial charge in [0.25, 0.3) is 0 Å². The molecule has 0 saturated carbocycles. The number of rotatable bonds is 7. The number of urea groups is 1. The van der Waals surface area contributed by atoms with Crippen molar-refractivity contribution >= 4 is 12.0 Å². The summed E-state index contributed by atoms with van der Waals surface area (Å²) in [6.07, 6.45) is 2.51. The summed E-state index contributed by atoms with van der Waals surface area (Å²) >= 11 is 0. The van der Waals surface area contributed by atoms with Crippen LogP contribution in [0.25, 0.3) is 0 Å². The van der Waals surface area contributed by atoms with Gasteiger partial charge in [-0.05, 0) is 45.8 Å². The second-order valence-electron chi connectivity index (χ2n) is 6.53. The zero-order valence-corrected chi connectivity index (χ0v) is 13.7. The number of carboxylic acid groups (broad SMARTS) is 1. The minimum absolute atomic E-state index is 0.0212. The Morgan fingerprint density at radius 3 is 2.48 bits per heavy atom. The van der Waals surface area contributed by atoms with Crippen LogP contribution >= 0.6 is 0 Å². The van der Waals surface area contributed by atoms with Crippen LogP contribution in [0.1, 0.15) is 33.1 Å². The summed E-state index contributed by atoms with van der Waals surface area (Å²) in [6.45, 7) is 6.31. The number of hydrogen-bond acceptors (Lipinski definition) is 3. The highest BCUT2D eigenvalue weighted by Gasteiger charge is 2.48. The Balaban J connectivity index is 2.38. The fraction of sp³-hybridized carbons (Fsp3) is 0.867. The van der Waals surface area contributed by atoms with Crippen molar-refractivity contribution in [2.75, 3.05) is 40.3 Å². The second-order valence-corrected chi connectivity index (χ2v) is 6.53. The molecule has 0 aromatic rings. The highest BCUT2D eigenvalue weighted by Crippen LogP contribution is 2.38. The summed E-state index contributed by atoms with van der Waals surface area (Å²) in [4.78, 5) is 27.4. The maximum atomic E-state index is 12.1. The molecular weight excluding hydrogens is 270 g/mol. The van der Waals surface area contributed by atoms with E-state index in [4.69, 9.17) is 0 Å². The molecule has 1 atom stereocenters. The van der Waals surface area contributed by atoms with Gasteiger partial charge in [0, 0.05) is 19.6 Å². The van der Waals surface area contributed by atoms with Gasteiger partial charge in [-0.2, -0.15) is 0 Å². The van der Waals surface area contributed by atoms with Crippen LogP contribution in [-0.2, 0) is 4.79 Å². The second kappa shape index (κ2) is 7.64. The quantitative estimate of drug-likeness (QED) is 0.698. The summed E-state index contributed by atoms with van der Waals surface area (Å²) in [5.41, 5.74) is -0.789. The van der Waals surface area contributed by atoms with Gasteiger partial charge in [-0.3, -0.25) is 4.79 Å². The lowest BCUT2D eigenvalue weighted by Crippen LogP contribution is -2.44. The molecule has 1 fully saturated rings. The van der Waals surface area contributed by atoms with Crippen LogP contribution in [-0.4, -0.2) is 67.2 Å². The van der Waals surface area contributed by atoms with Crippen LogP contribution in [0, 0.1) is 11.3 Å². The molecule has 21 heavy (non-hydrogen) atoms. The van der Waals surface area contributed by atoms with Gasteiger partial charge in [0.15, 0.2) is 0 Å². The van der Waals surface area contributed by atoms with Crippen molar-refractivity contribution in [3.63, 3.8) is 0 Å². The van der Waals surface area contributed by atoms with E-state index in [1.54, 1.807) is 4.90 Å². The monoisotopic (exact) mass is 299 g/mol. The minimum Gasteiger partial charge on any atom is -0.481 e. The van der Waals surface area contributed by atoms with Crippen molar-refractivity contribution in [3.8, 4) is 0 Å². The van der Waals surface area contributed by atoms with Crippen LogP contribution in [0.2, 0.25) is 0 Å². The Hall–Kier alpha value is -1.30. The van der Waals surface area contributed by atoms with E-state index in [0.717, 1.165) is 19.4 Å². The van der Waals surface area contributed by atoms with Gasteiger partial charge >= 0.3 is 12.0 Å². The first-order valence-electron chi connectivity index (χ1n) is 7.70. The fourth-order valence-electron chi connectivity index (χ4n) is 2.76. The number of aliphatic carboxylic acids is 1. The predicted molar refractivity (Wildman–Crippen MR) is 82.3 cm³/mol. The zero-order valence-electron chi connectivity index (χ0n) is 13.7. The van der Waals surface area contributed by atoms with Crippen LogP contribution in [0.3, 0.4) is 0 Å². The molecule has 2 N–H and O–H groups in total. The lowest BCUT2D eigenvalue weighted by Gasteiger charge is -2.28. The number of carboxylic acids is 1. The van der Waals surface area contributed by atoms with Gasteiger partial charge < -0.3 is 20.2 Å². The molecule has 0 bridgehead atoms. The third-order valence-corrected chi connectivity index (χ3v) is 4.43. The van der Waals surface area contributed by atoms with Gasteiger partial charge in [0.05, 0.1) is 5.41 Å². The molecule has 0 aliphatic carbocycles. The summed E-state index contributed by atoms with van der Waals surface area (Å²) in [5.74, 6) is -0.772. The molecule has 0 spiro atoms. The Labute approximate surface area is 127 Å². The summed E-state index contributed by atoms with van der Waals surface area (Å²) in [7, 11) is 4.06. The number of carbonyl (C=O) groups excluding carboxylic acids is 1. The van der Waals surface area contributed by atoms with E-state index in [2.05, 4.69) is 10.2 Å². The molecule has 1 aliphatic rings. The lowest BCUT2D eigenvalue weighted by molar-refractivity contribution is -0.150. The third-order valence-electron chi connectivity index (χ3n) is 4.43. The molecule has 6 nitrogen and oxygen atoms in total. The number of unbranched alkanes of at least 4 members (excludes halogenated alkanes) is 1. The van der Waals surface area contributed by atoms with Crippen LogP contribution in [0.15, 0.2) is 0 Å². The highest BCUT2D eigenvalue weighted by atomic mass is 16.4. The number of hydrogen-bond donors (Lipinski definition) is 2. The standard InChI is InChI=1S/C15H29N3O3/c1-12(2)15(13(19)20)7-10-18(11-15)14(21)16-8-5-6-9-17(3)4/h12H,5-11H2,1-4H3,(H,16,21)(H,19,20). The molecule has 0 radical (unpaired) electrons. The molecule has 0 aromatic carbocycles. The average molecular weight is 299 g/mol. The largest absolute Gasteiger partial charge is 0.481 e. The Bertz CT molecular complexity index is 371. The summed E-state index contributed by atoms with van der Waals surface area (Å²) in [6, 6.07) is -0.136. The topological polar surface area (TPSA) is 72.9 Å². The van der Waals surface area contributed by atoms with Crippen molar-refractivity contribution in [1.29, 1.82) is 0 Å². The van der Waals surface area contributed by atoms with E-state index < -0.39 is 11.4 Å². The highest BCUT2D eigenvalue weighted by molar-refractivity contribution is 5.80. The van der Waals surface area contributed by atoms with E-state index in [1.165, 1.54) is 0 Å². The van der Waals surface area contributed by atoms with Crippen LogP contribution in [0.5, 0.6) is 0 Å². The predicted octanol–water partition coefficient (Wildman–Crippen LogP) is 1.47. The SMILES string of the molecule is CC(C)C1(C(=O)O)CCN(C(=O)NCCCCN(C)C)C1. The van der Waals surface area contributed by atoms with E-state index in [-0.39, 0.29) is 11.9 Å². The van der Waals surface area contributed by atoms with Crippen molar-refractivity contribution in [1.82, 2.24) is 15.1 Å². The van der Waals surface area contributed by atoms with Crippen molar-refractivity contribution in [3.05, 3.63) is 0 Å². The van der Waals surface area contributed by atoms with Gasteiger partial charge in [0.2, 0.25) is 0 Å². The van der Waals surface area contributed by atoms with Crippen molar-refractivity contribution in [2.24, 2.45) is 11.3 Å². The number of carbonyl (C=O) groups is 2. The van der Waals surface area contributed by atoms with E-state index >= 15 is 0 Å².